The SMILES string of the molecule is O[C@H](CBr)c1cc[c]cc1. The first kappa shape index (κ1) is 7.76. The fourth-order valence-electron chi connectivity index (χ4n) is 0.711. The summed E-state index contributed by atoms with van der Waals surface area (Å²) in [5, 5.41) is 9.85. The maximum absolute atomic E-state index is 9.27. The molecule has 2 heteroatoms. The Morgan fingerprint density at radius 2 is 2.10 bits per heavy atom. The molecule has 0 saturated carbocycles. The summed E-state index contributed by atoms with van der Waals surface area (Å²) < 4.78 is 0. The van der Waals surface area contributed by atoms with E-state index in [1.165, 1.54) is 0 Å². The molecule has 0 aliphatic carbocycles. The molecular formula is C8H8BrO. The van der Waals surface area contributed by atoms with E-state index in [4.69, 9.17) is 0 Å². The molecule has 0 aromatic heterocycles. The van der Waals surface area contributed by atoms with Gasteiger partial charge >= 0.3 is 0 Å². The van der Waals surface area contributed by atoms with Gasteiger partial charge in [0, 0.05) is 5.33 Å². The zero-order valence-electron chi connectivity index (χ0n) is 5.42. The highest BCUT2D eigenvalue weighted by atomic mass is 79.9. The number of rotatable bonds is 2. The predicted molar refractivity (Wildman–Crippen MR) is 44.0 cm³/mol. The third-order valence-electron chi connectivity index (χ3n) is 1.27. The zero-order chi connectivity index (χ0) is 7.40. The van der Waals surface area contributed by atoms with Gasteiger partial charge in [-0.25, -0.2) is 0 Å². The lowest BCUT2D eigenvalue weighted by Gasteiger charge is -2.04. The van der Waals surface area contributed by atoms with Crippen molar-refractivity contribution in [3.63, 3.8) is 0 Å². The Morgan fingerprint density at radius 3 is 2.60 bits per heavy atom. The third kappa shape index (κ3) is 1.82. The highest BCUT2D eigenvalue weighted by Crippen LogP contribution is 2.13. The van der Waals surface area contributed by atoms with Crippen molar-refractivity contribution < 1.29 is 5.11 Å². The molecule has 1 aromatic carbocycles. The molecule has 0 aliphatic rings. The summed E-state index contributed by atoms with van der Waals surface area (Å²) in [6, 6.07) is 10.2. The summed E-state index contributed by atoms with van der Waals surface area (Å²) in [7, 11) is 0. The highest BCUT2D eigenvalue weighted by molar-refractivity contribution is 9.09. The standard InChI is InChI=1S/C8H8BrO/c9-6-8(10)7-4-2-1-3-5-7/h2-5,8,10H,6H2/t8-/m1/s1. The van der Waals surface area contributed by atoms with E-state index in [0.29, 0.717) is 5.33 Å². The van der Waals surface area contributed by atoms with E-state index >= 15 is 0 Å². The van der Waals surface area contributed by atoms with E-state index in [1.54, 1.807) is 12.1 Å². The second-order valence-electron chi connectivity index (χ2n) is 2.00. The normalized spacial score (nSPS) is 13.0. The first-order chi connectivity index (χ1) is 4.84. The molecule has 1 nitrogen and oxygen atoms in total. The molecule has 0 unspecified atom stereocenters. The molecule has 1 N–H and O–H groups in total. The summed E-state index contributed by atoms with van der Waals surface area (Å²) in [6.07, 6.45) is -0.394. The van der Waals surface area contributed by atoms with Crippen LogP contribution in [0, 0.1) is 6.07 Å². The molecule has 1 aromatic rings. The Balaban J connectivity index is 2.75. The van der Waals surface area contributed by atoms with Crippen LogP contribution in [0.5, 0.6) is 0 Å². The van der Waals surface area contributed by atoms with E-state index in [9.17, 15) is 5.11 Å². The highest BCUT2D eigenvalue weighted by Gasteiger charge is 2.02. The van der Waals surface area contributed by atoms with Gasteiger partial charge in [-0.15, -0.1) is 0 Å². The van der Waals surface area contributed by atoms with Gasteiger partial charge in [-0.2, -0.15) is 0 Å². The van der Waals surface area contributed by atoms with Gasteiger partial charge in [-0.3, -0.25) is 0 Å². The molecule has 0 heterocycles. The van der Waals surface area contributed by atoms with Gasteiger partial charge in [0.25, 0.3) is 0 Å². The largest absolute Gasteiger partial charge is 0.388 e. The van der Waals surface area contributed by atoms with E-state index in [0.717, 1.165) is 5.56 Å². The van der Waals surface area contributed by atoms with Crippen molar-refractivity contribution in [2.75, 3.05) is 5.33 Å². The van der Waals surface area contributed by atoms with Crippen molar-refractivity contribution in [3.05, 3.63) is 35.9 Å². The Labute approximate surface area is 68.8 Å². The maximum atomic E-state index is 9.27. The molecular weight excluding hydrogens is 192 g/mol. The summed E-state index contributed by atoms with van der Waals surface area (Å²) in [5.41, 5.74) is 0.927. The summed E-state index contributed by atoms with van der Waals surface area (Å²) in [5.74, 6) is 0. The Kier molecular flexibility index (Phi) is 2.90. The second kappa shape index (κ2) is 3.74. The van der Waals surface area contributed by atoms with Gasteiger partial charge in [0.15, 0.2) is 0 Å². The van der Waals surface area contributed by atoms with Gasteiger partial charge < -0.3 is 5.11 Å². The van der Waals surface area contributed by atoms with Crippen molar-refractivity contribution in [2.24, 2.45) is 0 Å². The first-order valence-corrected chi connectivity index (χ1v) is 4.17. The minimum Gasteiger partial charge on any atom is -0.388 e. The molecule has 0 aliphatic heterocycles. The van der Waals surface area contributed by atoms with Gasteiger partial charge in [0.05, 0.1) is 6.10 Å². The van der Waals surface area contributed by atoms with Crippen LogP contribution in [-0.2, 0) is 0 Å². The quantitative estimate of drug-likeness (QED) is 0.723. The van der Waals surface area contributed by atoms with E-state index < -0.39 is 6.10 Å². The van der Waals surface area contributed by atoms with Crippen molar-refractivity contribution >= 4 is 15.9 Å². The van der Waals surface area contributed by atoms with Crippen LogP contribution in [0.3, 0.4) is 0 Å². The van der Waals surface area contributed by atoms with Crippen LogP contribution in [0.1, 0.15) is 11.7 Å². The third-order valence-corrected chi connectivity index (χ3v) is 1.89. The fraction of sp³-hybridized carbons (Fsp3) is 0.250. The van der Waals surface area contributed by atoms with Crippen LogP contribution < -0.4 is 0 Å². The van der Waals surface area contributed by atoms with E-state index in [2.05, 4.69) is 22.0 Å². The Bertz CT molecular complexity index is 186. The fourth-order valence-corrected chi connectivity index (χ4v) is 1.08. The topological polar surface area (TPSA) is 20.2 Å². The number of benzene rings is 1. The molecule has 1 atom stereocenters. The average molecular weight is 200 g/mol. The van der Waals surface area contributed by atoms with Gasteiger partial charge in [-0.05, 0) is 11.6 Å². The first-order valence-electron chi connectivity index (χ1n) is 3.04. The number of aliphatic hydroxyl groups is 1. The Morgan fingerprint density at radius 1 is 1.50 bits per heavy atom. The van der Waals surface area contributed by atoms with Crippen LogP contribution in [0.2, 0.25) is 0 Å². The second-order valence-corrected chi connectivity index (χ2v) is 2.65. The van der Waals surface area contributed by atoms with E-state index in [1.807, 2.05) is 12.1 Å². The van der Waals surface area contributed by atoms with Crippen molar-refractivity contribution in [1.82, 2.24) is 0 Å². The van der Waals surface area contributed by atoms with Crippen molar-refractivity contribution in [2.45, 2.75) is 6.10 Å². The minimum atomic E-state index is -0.394. The molecule has 0 spiro atoms. The molecule has 53 valence electrons. The molecule has 0 saturated heterocycles. The lowest BCUT2D eigenvalue weighted by Crippen LogP contribution is -1.96. The molecule has 10 heavy (non-hydrogen) atoms. The van der Waals surface area contributed by atoms with Crippen molar-refractivity contribution in [3.8, 4) is 0 Å². The molecule has 0 amide bonds. The van der Waals surface area contributed by atoms with Crippen LogP contribution >= 0.6 is 15.9 Å². The van der Waals surface area contributed by atoms with E-state index in [-0.39, 0.29) is 0 Å². The summed E-state index contributed by atoms with van der Waals surface area (Å²) in [4.78, 5) is 0. The lowest BCUT2D eigenvalue weighted by molar-refractivity contribution is 0.205. The van der Waals surface area contributed by atoms with Gasteiger partial charge in [0.2, 0.25) is 0 Å². The minimum absolute atomic E-state index is 0.394. The molecule has 1 rings (SSSR count). The summed E-state index contributed by atoms with van der Waals surface area (Å²) >= 11 is 3.19. The van der Waals surface area contributed by atoms with Gasteiger partial charge in [-0.1, -0.05) is 40.2 Å². The van der Waals surface area contributed by atoms with Crippen LogP contribution in [0.4, 0.5) is 0 Å². The monoisotopic (exact) mass is 199 g/mol. The number of hydrogen-bond acceptors (Lipinski definition) is 1. The van der Waals surface area contributed by atoms with Crippen molar-refractivity contribution in [1.29, 1.82) is 0 Å². The number of hydrogen-bond donors (Lipinski definition) is 1. The lowest BCUT2D eigenvalue weighted by atomic mass is 10.1. The predicted octanol–water partition coefficient (Wildman–Crippen LogP) is 1.92. The zero-order valence-corrected chi connectivity index (χ0v) is 7.01. The Hall–Kier alpha value is -0.340. The number of alkyl halides is 1. The smallest absolute Gasteiger partial charge is 0.0886 e. The average Bonchev–Trinajstić information content (AvgIpc) is 2.05. The van der Waals surface area contributed by atoms with Crippen LogP contribution in [-0.4, -0.2) is 10.4 Å². The number of aliphatic hydroxyl groups excluding tert-OH is 1. The molecule has 0 bridgehead atoms. The van der Waals surface area contributed by atoms with Crippen LogP contribution in [0.15, 0.2) is 24.3 Å². The molecule has 1 radical (unpaired) electrons. The summed E-state index contributed by atoms with van der Waals surface area (Å²) in [6.45, 7) is 0. The molecule has 0 fully saturated rings. The maximum Gasteiger partial charge on any atom is 0.0886 e. The van der Waals surface area contributed by atoms with Crippen LogP contribution in [0.25, 0.3) is 0 Å². The number of halogens is 1. The van der Waals surface area contributed by atoms with Gasteiger partial charge in [0.1, 0.15) is 0 Å².